The van der Waals surface area contributed by atoms with E-state index in [1.54, 1.807) is 0 Å². The van der Waals surface area contributed by atoms with Crippen LogP contribution in [-0.2, 0) is 12.8 Å². The van der Waals surface area contributed by atoms with E-state index in [4.69, 9.17) is 4.99 Å². The van der Waals surface area contributed by atoms with Gasteiger partial charge in [-0.2, -0.15) is 0 Å². The Morgan fingerprint density at radius 1 is 1.07 bits per heavy atom. The molecule has 0 radical (unpaired) electrons. The molecule has 1 aliphatic rings. The molecule has 4 rings (SSSR count). The summed E-state index contributed by atoms with van der Waals surface area (Å²) >= 11 is 0. The topological polar surface area (TPSA) is 57.8 Å². The number of piperidine rings is 1. The van der Waals surface area contributed by atoms with Crippen LogP contribution in [0.15, 0.2) is 59.7 Å². The standard InChI is InChI=1S/C23H30N6.HI/c1-2-24-23(25-14-11-22-27-26-21-10-6-7-15-29(21)22)28-16-12-20(13-17-28)18-19-8-4-3-5-9-19;/h3-10,15,20H,2,11-14,16-18H2,1H3,(H,24,25);1H. The van der Waals surface area contributed by atoms with Gasteiger partial charge >= 0.3 is 0 Å². The Balaban J connectivity index is 0.00000256. The van der Waals surface area contributed by atoms with E-state index in [1.807, 2.05) is 28.8 Å². The SMILES string of the molecule is CCNC(=NCCc1nnc2ccccn12)N1CCC(Cc2ccccc2)CC1.I. The lowest BCUT2D eigenvalue weighted by atomic mass is 9.90. The average molecular weight is 518 g/mol. The fraction of sp³-hybridized carbons (Fsp3) is 0.435. The third-order valence-electron chi connectivity index (χ3n) is 5.60. The smallest absolute Gasteiger partial charge is 0.193 e. The first-order valence-electron chi connectivity index (χ1n) is 10.7. The van der Waals surface area contributed by atoms with Crippen molar-refractivity contribution in [3.63, 3.8) is 0 Å². The number of fused-ring (bicyclic) bond motifs is 1. The molecule has 0 amide bonds. The van der Waals surface area contributed by atoms with Crippen LogP contribution in [0.2, 0.25) is 0 Å². The zero-order chi connectivity index (χ0) is 19.9. The number of hydrogen-bond acceptors (Lipinski definition) is 3. The summed E-state index contributed by atoms with van der Waals surface area (Å²) in [5, 5.41) is 12.0. The highest BCUT2D eigenvalue weighted by Crippen LogP contribution is 2.21. The number of rotatable bonds is 6. The van der Waals surface area contributed by atoms with Crippen molar-refractivity contribution in [1.82, 2.24) is 24.8 Å². The zero-order valence-electron chi connectivity index (χ0n) is 17.6. The van der Waals surface area contributed by atoms with Crippen molar-refractivity contribution in [3.8, 4) is 0 Å². The molecule has 0 spiro atoms. The molecule has 1 aliphatic heterocycles. The summed E-state index contributed by atoms with van der Waals surface area (Å²) in [7, 11) is 0. The van der Waals surface area contributed by atoms with Gasteiger partial charge in [-0.3, -0.25) is 9.39 Å². The van der Waals surface area contributed by atoms with Gasteiger partial charge in [-0.1, -0.05) is 36.4 Å². The monoisotopic (exact) mass is 518 g/mol. The minimum absolute atomic E-state index is 0. The molecule has 160 valence electrons. The van der Waals surface area contributed by atoms with Crippen molar-refractivity contribution in [1.29, 1.82) is 0 Å². The highest BCUT2D eigenvalue weighted by Gasteiger charge is 2.21. The second kappa shape index (κ2) is 11.3. The Morgan fingerprint density at radius 2 is 1.83 bits per heavy atom. The van der Waals surface area contributed by atoms with E-state index in [-0.39, 0.29) is 24.0 Å². The number of likely N-dealkylation sites (tertiary alicyclic amines) is 1. The van der Waals surface area contributed by atoms with E-state index in [9.17, 15) is 0 Å². The van der Waals surface area contributed by atoms with Gasteiger partial charge in [-0.05, 0) is 49.8 Å². The van der Waals surface area contributed by atoms with Crippen LogP contribution in [0.25, 0.3) is 5.65 Å². The molecule has 3 heterocycles. The van der Waals surface area contributed by atoms with Crippen LogP contribution in [0.4, 0.5) is 0 Å². The molecular formula is C23H31IN6. The highest BCUT2D eigenvalue weighted by molar-refractivity contribution is 14.0. The van der Waals surface area contributed by atoms with Gasteiger partial charge in [0, 0.05) is 38.8 Å². The van der Waals surface area contributed by atoms with E-state index in [2.05, 4.69) is 57.7 Å². The molecule has 30 heavy (non-hydrogen) atoms. The van der Waals surface area contributed by atoms with Gasteiger partial charge in [0.1, 0.15) is 5.82 Å². The van der Waals surface area contributed by atoms with Gasteiger partial charge in [-0.15, -0.1) is 34.2 Å². The largest absolute Gasteiger partial charge is 0.357 e. The van der Waals surface area contributed by atoms with Crippen molar-refractivity contribution in [2.24, 2.45) is 10.9 Å². The maximum atomic E-state index is 4.88. The van der Waals surface area contributed by atoms with Crippen molar-refractivity contribution in [3.05, 3.63) is 66.1 Å². The van der Waals surface area contributed by atoms with Crippen LogP contribution in [0.5, 0.6) is 0 Å². The lowest BCUT2D eigenvalue weighted by Crippen LogP contribution is -2.46. The zero-order valence-corrected chi connectivity index (χ0v) is 19.9. The first kappa shape index (κ1) is 22.5. The van der Waals surface area contributed by atoms with Gasteiger partial charge in [0.15, 0.2) is 11.6 Å². The molecule has 0 atom stereocenters. The van der Waals surface area contributed by atoms with Gasteiger partial charge in [0.05, 0.1) is 0 Å². The summed E-state index contributed by atoms with van der Waals surface area (Å²) in [4.78, 5) is 7.29. The maximum Gasteiger partial charge on any atom is 0.193 e. The first-order valence-corrected chi connectivity index (χ1v) is 10.7. The quantitative estimate of drug-likeness (QED) is 0.307. The number of benzene rings is 1. The summed E-state index contributed by atoms with van der Waals surface area (Å²) in [6.07, 6.45) is 6.41. The van der Waals surface area contributed by atoms with Gasteiger partial charge < -0.3 is 10.2 Å². The number of hydrogen-bond donors (Lipinski definition) is 1. The number of aromatic nitrogens is 3. The third-order valence-corrected chi connectivity index (χ3v) is 5.60. The normalized spacial score (nSPS) is 15.2. The van der Waals surface area contributed by atoms with Crippen LogP contribution in [0.1, 0.15) is 31.2 Å². The van der Waals surface area contributed by atoms with E-state index < -0.39 is 0 Å². The number of aliphatic imine (C=N–C) groups is 1. The molecule has 1 saturated heterocycles. The van der Waals surface area contributed by atoms with Crippen molar-refractivity contribution >= 4 is 35.6 Å². The molecule has 0 bridgehead atoms. The Bertz CT molecular complexity index is 931. The summed E-state index contributed by atoms with van der Waals surface area (Å²) in [6, 6.07) is 16.8. The van der Waals surface area contributed by atoms with Crippen LogP contribution >= 0.6 is 24.0 Å². The second-order valence-electron chi connectivity index (χ2n) is 7.65. The summed E-state index contributed by atoms with van der Waals surface area (Å²) < 4.78 is 2.04. The minimum atomic E-state index is 0. The summed E-state index contributed by atoms with van der Waals surface area (Å²) in [6.45, 7) is 5.86. The lowest BCUT2D eigenvalue weighted by Gasteiger charge is -2.34. The van der Waals surface area contributed by atoms with E-state index in [1.165, 1.54) is 24.8 Å². The molecule has 0 saturated carbocycles. The summed E-state index contributed by atoms with van der Waals surface area (Å²) in [5.74, 6) is 2.75. The third kappa shape index (κ3) is 5.71. The Morgan fingerprint density at radius 3 is 2.60 bits per heavy atom. The number of nitrogens with one attached hydrogen (secondary N) is 1. The molecule has 0 unspecified atom stereocenters. The molecule has 0 aliphatic carbocycles. The predicted octanol–water partition coefficient (Wildman–Crippen LogP) is 3.81. The molecule has 2 aromatic heterocycles. The molecule has 1 fully saturated rings. The van der Waals surface area contributed by atoms with Crippen molar-refractivity contribution < 1.29 is 0 Å². The van der Waals surface area contributed by atoms with Gasteiger partial charge in [-0.25, -0.2) is 0 Å². The number of pyridine rings is 1. The first-order chi connectivity index (χ1) is 14.3. The van der Waals surface area contributed by atoms with Gasteiger partial charge in [0.2, 0.25) is 0 Å². The molecule has 1 N–H and O–H groups in total. The number of nitrogens with zero attached hydrogens (tertiary/aromatic N) is 5. The molecule has 1 aromatic carbocycles. The van der Waals surface area contributed by atoms with Crippen molar-refractivity contribution in [2.45, 2.75) is 32.6 Å². The van der Waals surface area contributed by atoms with E-state index >= 15 is 0 Å². The Hall–Kier alpha value is -2.16. The maximum absolute atomic E-state index is 4.88. The van der Waals surface area contributed by atoms with Crippen molar-refractivity contribution in [2.75, 3.05) is 26.2 Å². The minimum Gasteiger partial charge on any atom is -0.357 e. The fourth-order valence-electron chi connectivity index (χ4n) is 4.05. The number of guanidine groups is 1. The molecule has 3 aromatic rings. The van der Waals surface area contributed by atoms with Gasteiger partial charge in [0.25, 0.3) is 0 Å². The predicted molar refractivity (Wildman–Crippen MR) is 133 cm³/mol. The van der Waals surface area contributed by atoms with E-state index in [0.717, 1.165) is 49.4 Å². The lowest BCUT2D eigenvalue weighted by molar-refractivity contribution is 0.259. The highest BCUT2D eigenvalue weighted by atomic mass is 127. The molecular weight excluding hydrogens is 487 g/mol. The van der Waals surface area contributed by atoms with Crippen LogP contribution in [0.3, 0.4) is 0 Å². The number of halogens is 1. The molecule has 6 nitrogen and oxygen atoms in total. The van der Waals surface area contributed by atoms with Crippen LogP contribution < -0.4 is 5.32 Å². The second-order valence-corrected chi connectivity index (χ2v) is 7.65. The Kier molecular flexibility index (Phi) is 8.48. The Labute approximate surface area is 195 Å². The van der Waals surface area contributed by atoms with Crippen LogP contribution in [0, 0.1) is 5.92 Å². The van der Waals surface area contributed by atoms with Crippen LogP contribution in [-0.4, -0.2) is 51.6 Å². The summed E-state index contributed by atoms with van der Waals surface area (Å²) in [5.41, 5.74) is 2.34. The average Bonchev–Trinajstić information content (AvgIpc) is 3.18. The van der Waals surface area contributed by atoms with E-state index in [0.29, 0.717) is 6.54 Å². The molecule has 7 heteroatoms. The fourth-order valence-corrected chi connectivity index (χ4v) is 4.05.